The number of hydrogen-bond donors (Lipinski definition) is 0. The van der Waals surface area contributed by atoms with E-state index in [1.165, 1.54) is 32.1 Å². The monoisotopic (exact) mass is 304 g/mol. The first-order valence-electron chi connectivity index (χ1n) is 4.59. The molecule has 0 bridgehead atoms. The predicted octanol–water partition coefficient (Wildman–Crippen LogP) is 4.43. The maximum atomic E-state index is 3.08. The summed E-state index contributed by atoms with van der Waals surface area (Å²) < 4.78 is 0. The molecule has 0 aromatic carbocycles. The SMILES string of the molecule is BrC#CCCCCCCCC#CBr. The molecule has 13 heavy (non-hydrogen) atoms. The van der Waals surface area contributed by atoms with Crippen molar-refractivity contribution < 1.29 is 0 Å². The van der Waals surface area contributed by atoms with Crippen LogP contribution in [0.1, 0.15) is 44.9 Å². The summed E-state index contributed by atoms with van der Waals surface area (Å²) in [7, 11) is 0. The molecule has 0 aromatic rings. The lowest BCUT2D eigenvalue weighted by Gasteiger charge is -1.95. The molecule has 0 saturated carbocycles. The molecule has 0 aliphatic heterocycles. The van der Waals surface area contributed by atoms with Crippen LogP contribution in [0.25, 0.3) is 0 Å². The Morgan fingerprint density at radius 3 is 1.38 bits per heavy atom. The van der Waals surface area contributed by atoms with E-state index in [-0.39, 0.29) is 0 Å². The standard InChI is InChI=1S/C11H14Br2/c12-10-8-6-4-2-1-3-5-7-9-11-13/h1-7H2. The molecule has 0 spiro atoms. The lowest BCUT2D eigenvalue weighted by Crippen LogP contribution is -1.78. The molecule has 0 aromatic heterocycles. The molecule has 0 N–H and O–H groups in total. The third-order valence-electron chi connectivity index (χ3n) is 1.74. The van der Waals surface area contributed by atoms with E-state index < -0.39 is 0 Å². The molecule has 0 amide bonds. The van der Waals surface area contributed by atoms with E-state index in [1.807, 2.05) is 0 Å². The third-order valence-corrected chi connectivity index (χ3v) is 2.30. The Kier molecular flexibility index (Phi) is 12.2. The first-order chi connectivity index (χ1) is 6.41. The quantitative estimate of drug-likeness (QED) is 0.503. The maximum Gasteiger partial charge on any atom is 0.0106 e. The summed E-state index contributed by atoms with van der Waals surface area (Å²) in [6, 6.07) is 0. The van der Waals surface area contributed by atoms with Crippen LogP contribution in [0.2, 0.25) is 0 Å². The van der Waals surface area contributed by atoms with Gasteiger partial charge in [0.05, 0.1) is 0 Å². The van der Waals surface area contributed by atoms with Gasteiger partial charge >= 0.3 is 0 Å². The molecule has 0 radical (unpaired) electrons. The van der Waals surface area contributed by atoms with Crippen LogP contribution in [-0.2, 0) is 0 Å². The average molecular weight is 306 g/mol. The van der Waals surface area contributed by atoms with Gasteiger partial charge in [0.25, 0.3) is 0 Å². The smallest absolute Gasteiger partial charge is 0.0106 e. The van der Waals surface area contributed by atoms with Crippen LogP contribution in [0.3, 0.4) is 0 Å². The molecular weight excluding hydrogens is 292 g/mol. The fourth-order valence-electron chi connectivity index (χ4n) is 1.05. The van der Waals surface area contributed by atoms with Crippen LogP contribution in [0.5, 0.6) is 0 Å². The summed E-state index contributed by atoms with van der Waals surface area (Å²) in [5.74, 6) is 6.00. The molecule has 0 nitrogen and oxygen atoms in total. The van der Waals surface area contributed by atoms with Crippen molar-refractivity contribution in [2.24, 2.45) is 0 Å². The Labute approximate surface area is 98.1 Å². The molecule has 0 saturated heterocycles. The van der Waals surface area contributed by atoms with Gasteiger partial charge in [-0.15, -0.1) is 0 Å². The van der Waals surface area contributed by atoms with Gasteiger partial charge in [-0.3, -0.25) is 0 Å². The summed E-state index contributed by atoms with van der Waals surface area (Å²) >= 11 is 6.16. The molecule has 0 aliphatic carbocycles. The maximum absolute atomic E-state index is 3.08. The summed E-state index contributed by atoms with van der Waals surface area (Å²) in [4.78, 5) is 5.45. The number of halogens is 2. The Balaban J connectivity index is 2.96. The molecule has 0 unspecified atom stereocenters. The largest absolute Gasteiger partial charge is 0.0908 e. The molecule has 0 heterocycles. The highest BCUT2D eigenvalue weighted by molar-refractivity contribution is 9.12. The lowest BCUT2D eigenvalue weighted by molar-refractivity contribution is 0.628. The Morgan fingerprint density at radius 1 is 0.615 bits per heavy atom. The van der Waals surface area contributed by atoms with Crippen molar-refractivity contribution in [2.45, 2.75) is 44.9 Å². The van der Waals surface area contributed by atoms with Gasteiger partial charge in [0, 0.05) is 44.7 Å². The normalized spacial score (nSPS) is 8.15. The zero-order valence-electron chi connectivity index (χ0n) is 7.71. The number of rotatable bonds is 6. The highest BCUT2D eigenvalue weighted by atomic mass is 79.9. The zero-order chi connectivity index (χ0) is 9.78. The van der Waals surface area contributed by atoms with E-state index in [0.717, 1.165) is 12.8 Å². The van der Waals surface area contributed by atoms with Crippen molar-refractivity contribution in [1.29, 1.82) is 0 Å². The van der Waals surface area contributed by atoms with Gasteiger partial charge in [-0.05, 0) is 22.5 Å². The van der Waals surface area contributed by atoms with Gasteiger partial charge in [-0.2, -0.15) is 0 Å². The van der Waals surface area contributed by atoms with Gasteiger partial charge in [-0.1, -0.05) is 31.1 Å². The van der Waals surface area contributed by atoms with Crippen LogP contribution < -0.4 is 0 Å². The summed E-state index contributed by atoms with van der Waals surface area (Å²) in [6.45, 7) is 0. The van der Waals surface area contributed by atoms with E-state index in [4.69, 9.17) is 0 Å². The fraction of sp³-hybridized carbons (Fsp3) is 0.636. The van der Waals surface area contributed by atoms with E-state index in [2.05, 4.69) is 53.4 Å². The van der Waals surface area contributed by atoms with E-state index in [1.54, 1.807) is 0 Å². The minimum atomic E-state index is 1.02. The predicted molar refractivity (Wildman–Crippen MR) is 65.7 cm³/mol. The van der Waals surface area contributed by atoms with Crippen LogP contribution in [0.4, 0.5) is 0 Å². The minimum absolute atomic E-state index is 1.02. The second-order valence-corrected chi connectivity index (χ2v) is 3.60. The topological polar surface area (TPSA) is 0 Å². The van der Waals surface area contributed by atoms with Gasteiger partial charge in [0.1, 0.15) is 0 Å². The van der Waals surface area contributed by atoms with Gasteiger partial charge in [-0.25, -0.2) is 0 Å². The molecule has 0 fully saturated rings. The van der Waals surface area contributed by atoms with Crippen LogP contribution >= 0.6 is 31.9 Å². The second-order valence-electron chi connectivity index (χ2n) is 2.81. The van der Waals surface area contributed by atoms with E-state index in [9.17, 15) is 0 Å². The summed E-state index contributed by atoms with van der Waals surface area (Å²) in [6.07, 6.45) is 8.39. The highest BCUT2D eigenvalue weighted by Gasteiger charge is 1.88. The molecule has 0 aliphatic rings. The van der Waals surface area contributed by atoms with Crippen LogP contribution in [0.15, 0.2) is 0 Å². The Bertz CT molecular complexity index is 188. The molecule has 0 atom stereocenters. The fourth-order valence-corrected chi connectivity index (χ4v) is 1.45. The van der Waals surface area contributed by atoms with Gasteiger partial charge in [0.15, 0.2) is 0 Å². The second kappa shape index (κ2) is 12.1. The van der Waals surface area contributed by atoms with Gasteiger partial charge < -0.3 is 0 Å². The molecule has 0 rings (SSSR count). The van der Waals surface area contributed by atoms with E-state index in [0.29, 0.717) is 0 Å². The van der Waals surface area contributed by atoms with Crippen molar-refractivity contribution in [3.05, 3.63) is 0 Å². The van der Waals surface area contributed by atoms with E-state index >= 15 is 0 Å². The van der Waals surface area contributed by atoms with Crippen molar-refractivity contribution >= 4 is 31.9 Å². The van der Waals surface area contributed by atoms with Crippen molar-refractivity contribution in [3.8, 4) is 21.5 Å². The molecular formula is C11H14Br2. The van der Waals surface area contributed by atoms with Crippen LogP contribution in [0, 0.1) is 21.5 Å². The first kappa shape index (κ1) is 13.1. The molecule has 2 heteroatoms. The lowest BCUT2D eigenvalue weighted by atomic mass is 10.1. The van der Waals surface area contributed by atoms with Crippen molar-refractivity contribution in [1.82, 2.24) is 0 Å². The number of unbranched alkanes of at least 4 members (excludes halogenated alkanes) is 6. The minimum Gasteiger partial charge on any atom is -0.0908 e. The van der Waals surface area contributed by atoms with Gasteiger partial charge in [0.2, 0.25) is 0 Å². The Morgan fingerprint density at radius 2 is 1.00 bits per heavy atom. The molecule has 72 valence electrons. The highest BCUT2D eigenvalue weighted by Crippen LogP contribution is 2.06. The van der Waals surface area contributed by atoms with Crippen LogP contribution in [-0.4, -0.2) is 0 Å². The first-order valence-corrected chi connectivity index (χ1v) is 6.17. The Hall–Kier alpha value is 0.0800. The average Bonchev–Trinajstić information content (AvgIpc) is 2.16. The van der Waals surface area contributed by atoms with Crippen molar-refractivity contribution in [2.75, 3.05) is 0 Å². The van der Waals surface area contributed by atoms with Crippen molar-refractivity contribution in [3.63, 3.8) is 0 Å². The summed E-state index contributed by atoms with van der Waals surface area (Å²) in [5.41, 5.74) is 0. The summed E-state index contributed by atoms with van der Waals surface area (Å²) in [5, 5.41) is 0. The number of hydrogen-bond acceptors (Lipinski definition) is 0. The third kappa shape index (κ3) is 12.1. The zero-order valence-corrected chi connectivity index (χ0v) is 10.9.